The Labute approximate surface area is 114 Å². The summed E-state index contributed by atoms with van der Waals surface area (Å²) in [5.41, 5.74) is 2.56. The van der Waals surface area contributed by atoms with Crippen LogP contribution in [0.2, 0.25) is 0 Å². The van der Waals surface area contributed by atoms with Gasteiger partial charge in [0.2, 0.25) is 0 Å². The lowest BCUT2D eigenvalue weighted by molar-refractivity contribution is 0.561. The molecule has 0 aromatic carbocycles. The third kappa shape index (κ3) is 4.08. The fraction of sp³-hybridized carbons (Fsp3) is 0.500. The molecule has 0 aliphatic rings. The monoisotopic (exact) mass is 316 g/mol. The summed E-state index contributed by atoms with van der Waals surface area (Å²) in [4.78, 5) is 4.24. The van der Waals surface area contributed by atoms with Crippen LogP contribution in [0, 0.1) is 6.92 Å². The Morgan fingerprint density at radius 1 is 1.47 bits per heavy atom. The predicted molar refractivity (Wildman–Crippen MR) is 76.8 cm³/mol. The molecule has 1 heterocycles. The molecule has 1 aromatic heterocycles. The van der Waals surface area contributed by atoms with Crippen LogP contribution in [0.5, 0.6) is 0 Å². The smallest absolute Gasteiger partial charge is 0.144 e. The Bertz CT molecular complexity index is 441. The summed E-state index contributed by atoms with van der Waals surface area (Å²) < 4.78 is 16.7. The number of hydrogen-bond donors (Lipinski definition) is 0. The molecule has 1 unspecified atom stereocenters. The van der Waals surface area contributed by atoms with E-state index in [2.05, 4.69) is 25.3 Å². The quantitative estimate of drug-likeness (QED) is 0.620. The van der Waals surface area contributed by atoms with E-state index < -0.39 is 11.4 Å². The van der Waals surface area contributed by atoms with Crippen LogP contribution < -0.4 is 0 Å². The molecule has 0 N–H and O–H groups in total. The second-order valence-corrected chi connectivity index (χ2v) is 7.59. The van der Waals surface area contributed by atoms with Crippen molar-refractivity contribution in [1.29, 1.82) is 0 Å². The number of halogens is 1. The molecule has 0 radical (unpaired) electrons. The Morgan fingerprint density at radius 3 is 2.53 bits per heavy atom. The van der Waals surface area contributed by atoms with Gasteiger partial charge in [0, 0.05) is 16.2 Å². The van der Waals surface area contributed by atoms with Crippen LogP contribution in [-0.2, 0) is 11.4 Å². The highest BCUT2D eigenvalue weighted by Gasteiger charge is 2.26. The summed E-state index contributed by atoms with van der Waals surface area (Å²) in [6.07, 6.45) is 1.75. The van der Waals surface area contributed by atoms with Gasteiger partial charge in [-0.25, -0.2) is 0 Å². The summed E-state index contributed by atoms with van der Waals surface area (Å²) >= 11 is 2.19. The van der Waals surface area contributed by atoms with Gasteiger partial charge >= 0.3 is 0 Å². The molecule has 5 heteroatoms. The van der Waals surface area contributed by atoms with Crippen molar-refractivity contribution in [2.75, 3.05) is 0 Å². The summed E-state index contributed by atoms with van der Waals surface area (Å²) in [6.45, 7) is 9.49. The van der Waals surface area contributed by atoms with Gasteiger partial charge in [0.05, 0.1) is 11.4 Å². The van der Waals surface area contributed by atoms with Crippen LogP contribution in [0.15, 0.2) is 21.1 Å². The minimum atomic E-state index is -1.23. The van der Waals surface area contributed by atoms with Crippen molar-refractivity contribution >= 4 is 33.0 Å². The van der Waals surface area contributed by atoms with Crippen LogP contribution in [0.3, 0.4) is 0 Å². The molecule has 0 fully saturated rings. The summed E-state index contributed by atoms with van der Waals surface area (Å²) in [5, 5.41) is 0. The summed E-state index contributed by atoms with van der Waals surface area (Å²) in [5.74, 6) is 0. The first-order valence-corrected chi connectivity index (χ1v) is 7.21. The Balaban J connectivity index is 3.00. The first kappa shape index (κ1) is 14.7. The first-order chi connectivity index (χ1) is 7.71. The standard InChI is InChI=1S/C12H17BrN2OS/c1-8(15-17(16)12(3,4)5)10-6-11(13)9(2)14-7-10/h6-7H,1-5H3. The maximum absolute atomic E-state index is 11.9. The van der Waals surface area contributed by atoms with E-state index in [1.807, 2.05) is 40.7 Å². The highest BCUT2D eigenvalue weighted by molar-refractivity contribution is 9.10. The van der Waals surface area contributed by atoms with Crippen LogP contribution in [0.1, 0.15) is 39.0 Å². The third-order valence-corrected chi connectivity index (χ3v) is 4.48. The highest BCUT2D eigenvalue weighted by Crippen LogP contribution is 2.20. The zero-order chi connectivity index (χ0) is 13.2. The molecular weight excluding hydrogens is 300 g/mol. The molecule has 1 rings (SSSR count). The van der Waals surface area contributed by atoms with Crippen molar-refractivity contribution in [2.24, 2.45) is 4.40 Å². The van der Waals surface area contributed by atoms with Gasteiger partial charge < -0.3 is 4.55 Å². The second-order valence-electron chi connectivity index (χ2n) is 4.83. The van der Waals surface area contributed by atoms with Crippen LogP contribution in [0.25, 0.3) is 0 Å². The molecule has 0 bridgehead atoms. The van der Waals surface area contributed by atoms with Gasteiger partial charge in [-0.2, -0.15) is 0 Å². The molecule has 3 nitrogen and oxygen atoms in total. The van der Waals surface area contributed by atoms with Crippen LogP contribution in [0.4, 0.5) is 0 Å². The number of hydrogen-bond acceptors (Lipinski definition) is 3. The molecule has 17 heavy (non-hydrogen) atoms. The van der Waals surface area contributed by atoms with Gasteiger partial charge in [-0.15, -0.1) is 0 Å². The van der Waals surface area contributed by atoms with Gasteiger partial charge in [-0.3, -0.25) is 4.98 Å². The molecular formula is C12H17BrN2OS. The van der Waals surface area contributed by atoms with Crippen molar-refractivity contribution in [3.05, 3.63) is 28.0 Å². The molecule has 0 amide bonds. The molecule has 0 aliphatic heterocycles. The number of rotatable bonds is 2. The fourth-order valence-corrected chi connectivity index (χ4v) is 2.00. The Morgan fingerprint density at radius 2 is 2.06 bits per heavy atom. The lowest BCUT2D eigenvalue weighted by Gasteiger charge is -2.18. The van der Waals surface area contributed by atoms with E-state index in [-0.39, 0.29) is 4.75 Å². The molecule has 1 aromatic rings. The van der Waals surface area contributed by atoms with E-state index in [4.69, 9.17) is 0 Å². The van der Waals surface area contributed by atoms with E-state index in [1.54, 1.807) is 6.20 Å². The maximum atomic E-state index is 11.9. The van der Waals surface area contributed by atoms with Crippen LogP contribution in [-0.4, -0.2) is 20.0 Å². The van der Waals surface area contributed by atoms with Crippen molar-refractivity contribution in [3.63, 3.8) is 0 Å². The van der Waals surface area contributed by atoms with Crippen molar-refractivity contribution in [1.82, 2.24) is 4.98 Å². The average Bonchev–Trinajstić information content (AvgIpc) is 2.20. The van der Waals surface area contributed by atoms with Gasteiger partial charge in [0.15, 0.2) is 0 Å². The molecule has 94 valence electrons. The minimum absolute atomic E-state index is 0.337. The topological polar surface area (TPSA) is 48.3 Å². The van der Waals surface area contributed by atoms with Gasteiger partial charge in [-0.05, 0) is 56.6 Å². The molecule has 1 atom stereocenters. The van der Waals surface area contributed by atoms with E-state index in [9.17, 15) is 4.55 Å². The minimum Gasteiger partial charge on any atom is -0.591 e. The SMILES string of the molecule is CC(=N[S+]([O-])C(C)(C)C)c1cnc(C)c(Br)c1. The van der Waals surface area contributed by atoms with E-state index >= 15 is 0 Å². The molecule has 0 saturated heterocycles. The lowest BCUT2D eigenvalue weighted by atomic mass is 10.2. The van der Waals surface area contributed by atoms with E-state index in [1.165, 1.54) is 0 Å². The first-order valence-electron chi connectivity index (χ1n) is 5.31. The normalized spacial score (nSPS) is 14.9. The predicted octanol–water partition coefficient (Wildman–Crippen LogP) is 3.42. The fourth-order valence-electron chi connectivity index (χ4n) is 1.02. The number of aryl methyl sites for hydroxylation is 1. The average molecular weight is 317 g/mol. The number of aromatic nitrogens is 1. The van der Waals surface area contributed by atoms with Crippen molar-refractivity contribution < 1.29 is 4.55 Å². The van der Waals surface area contributed by atoms with Crippen LogP contribution >= 0.6 is 15.9 Å². The van der Waals surface area contributed by atoms with E-state index in [0.717, 1.165) is 21.4 Å². The third-order valence-electron chi connectivity index (χ3n) is 2.19. The molecule has 0 aliphatic carbocycles. The van der Waals surface area contributed by atoms with Gasteiger partial charge in [0.25, 0.3) is 0 Å². The summed E-state index contributed by atoms with van der Waals surface area (Å²) in [6, 6.07) is 1.95. The summed E-state index contributed by atoms with van der Waals surface area (Å²) in [7, 11) is 0. The maximum Gasteiger partial charge on any atom is 0.144 e. The van der Waals surface area contributed by atoms with Gasteiger partial charge in [-0.1, -0.05) is 4.40 Å². The highest BCUT2D eigenvalue weighted by atomic mass is 79.9. The zero-order valence-electron chi connectivity index (χ0n) is 10.7. The molecule has 0 spiro atoms. The zero-order valence-corrected chi connectivity index (χ0v) is 13.1. The van der Waals surface area contributed by atoms with Crippen molar-refractivity contribution in [2.45, 2.75) is 39.4 Å². The number of pyridine rings is 1. The van der Waals surface area contributed by atoms with E-state index in [0.29, 0.717) is 0 Å². The second kappa shape index (κ2) is 5.50. The largest absolute Gasteiger partial charge is 0.591 e. The Hall–Kier alpha value is -0.390. The number of nitrogens with zero attached hydrogens (tertiary/aromatic N) is 2. The van der Waals surface area contributed by atoms with Gasteiger partial charge in [0.1, 0.15) is 16.1 Å². The van der Waals surface area contributed by atoms with Crippen molar-refractivity contribution in [3.8, 4) is 0 Å². The molecule has 0 saturated carbocycles. The lowest BCUT2D eigenvalue weighted by Crippen LogP contribution is -2.26. The Kier molecular flexibility index (Phi) is 4.75.